The van der Waals surface area contributed by atoms with E-state index in [1.165, 1.54) is 0 Å². The van der Waals surface area contributed by atoms with Crippen molar-refractivity contribution in [2.75, 3.05) is 13.1 Å². The summed E-state index contributed by atoms with van der Waals surface area (Å²) in [5, 5.41) is 16.2. The number of aliphatic carboxylic acids is 1. The molecule has 0 bridgehead atoms. The van der Waals surface area contributed by atoms with Crippen molar-refractivity contribution >= 4 is 11.9 Å². The molecule has 1 aromatic rings. The molecule has 1 amide bonds. The summed E-state index contributed by atoms with van der Waals surface area (Å²) in [7, 11) is 0. The first-order chi connectivity index (χ1) is 10.6. The zero-order valence-corrected chi connectivity index (χ0v) is 13.2. The van der Waals surface area contributed by atoms with Crippen LogP contribution in [0.5, 0.6) is 0 Å². The third-order valence-corrected chi connectivity index (χ3v) is 4.52. The molecule has 0 spiro atoms. The molecule has 22 heavy (non-hydrogen) atoms. The van der Waals surface area contributed by atoms with E-state index in [0.717, 1.165) is 31.2 Å². The minimum atomic E-state index is -0.759. The lowest BCUT2D eigenvalue weighted by Gasteiger charge is -2.40. The fourth-order valence-electron chi connectivity index (χ4n) is 3.32. The number of hydrogen-bond acceptors (Lipinski definition) is 3. The number of carbonyl (C=O) groups excluding carboxylic acids is 1. The zero-order chi connectivity index (χ0) is 16.0. The zero-order valence-electron chi connectivity index (χ0n) is 13.2. The van der Waals surface area contributed by atoms with Gasteiger partial charge in [-0.3, -0.25) is 14.7 Å². The number of nitrogens with zero attached hydrogens (tertiary/aromatic N) is 2. The van der Waals surface area contributed by atoms with Gasteiger partial charge in [0.25, 0.3) is 0 Å². The first-order valence-electron chi connectivity index (χ1n) is 8.06. The maximum absolute atomic E-state index is 12.4. The summed E-state index contributed by atoms with van der Waals surface area (Å²) in [5.74, 6) is -0.685. The predicted octanol–water partition coefficient (Wildman–Crippen LogP) is 2.23. The SMILES string of the molecule is CCCC1(C(=O)O)CCCN(C(=O)CCCc2cn[nH]c2)C1. The van der Waals surface area contributed by atoms with E-state index < -0.39 is 11.4 Å². The van der Waals surface area contributed by atoms with Gasteiger partial charge >= 0.3 is 5.97 Å². The molecular weight excluding hydrogens is 282 g/mol. The second-order valence-electron chi connectivity index (χ2n) is 6.21. The van der Waals surface area contributed by atoms with Crippen LogP contribution in [0.4, 0.5) is 0 Å². The molecule has 1 unspecified atom stereocenters. The largest absolute Gasteiger partial charge is 0.481 e. The molecule has 1 aliphatic rings. The lowest BCUT2D eigenvalue weighted by atomic mass is 9.76. The third-order valence-electron chi connectivity index (χ3n) is 4.52. The minimum Gasteiger partial charge on any atom is -0.481 e. The number of aromatic nitrogens is 2. The molecule has 0 saturated carbocycles. The van der Waals surface area contributed by atoms with Gasteiger partial charge in [-0.15, -0.1) is 0 Å². The van der Waals surface area contributed by atoms with Gasteiger partial charge in [0.15, 0.2) is 0 Å². The Morgan fingerprint density at radius 1 is 1.50 bits per heavy atom. The van der Waals surface area contributed by atoms with Gasteiger partial charge in [0.1, 0.15) is 0 Å². The Morgan fingerprint density at radius 2 is 2.32 bits per heavy atom. The fraction of sp³-hybridized carbons (Fsp3) is 0.688. The standard InChI is InChI=1S/C16H25N3O3/c1-2-7-16(15(21)22)8-4-9-19(12-16)14(20)6-3-5-13-10-17-18-11-13/h10-11H,2-9,12H2,1H3,(H,17,18)(H,21,22). The van der Waals surface area contributed by atoms with Crippen LogP contribution in [0.2, 0.25) is 0 Å². The number of amides is 1. The Bertz CT molecular complexity index is 497. The van der Waals surface area contributed by atoms with Gasteiger partial charge in [-0.05, 0) is 37.7 Å². The quantitative estimate of drug-likeness (QED) is 0.808. The smallest absolute Gasteiger partial charge is 0.311 e. The molecule has 6 heteroatoms. The van der Waals surface area contributed by atoms with Crippen LogP contribution in [-0.2, 0) is 16.0 Å². The summed E-state index contributed by atoms with van der Waals surface area (Å²) in [4.78, 5) is 25.8. The summed E-state index contributed by atoms with van der Waals surface area (Å²) in [5.41, 5.74) is 0.352. The molecule has 6 nitrogen and oxygen atoms in total. The summed E-state index contributed by atoms with van der Waals surface area (Å²) in [6.07, 6.45) is 8.57. The average molecular weight is 307 g/mol. The molecule has 122 valence electrons. The average Bonchev–Trinajstić information content (AvgIpc) is 3.01. The minimum absolute atomic E-state index is 0.0740. The van der Waals surface area contributed by atoms with Crippen LogP contribution in [-0.4, -0.2) is 45.2 Å². The molecular formula is C16H25N3O3. The van der Waals surface area contributed by atoms with Crippen molar-refractivity contribution < 1.29 is 14.7 Å². The number of carboxylic acids is 1. The van der Waals surface area contributed by atoms with Gasteiger partial charge in [0.05, 0.1) is 11.6 Å². The summed E-state index contributed by atoms with van der Waals surface area (Å²) >= 11 is 0. The van der Waals surface area contributed by atoms with Gasteiger partial charge in [-0.2, -0.15) is 5.10 Å². The van der Waals surface area contributed by atoms with Gasteiger partial charge in [-0.1, -0.05) is 13.3 Å². The number of piperidine rings is 1. The highest BCUT2D eigenvalue weighted by molar-refractivity contribution is 5.79. The van der Waals surface area contributed by atoms with E-state index in [1.54, 1.807) is 11.1 Å². The van der Waals surface area contributed by atoms with E-state index in [4.69, 9.17) is 0 Å². The highest BCUT2D eigenvalue weighted by Crippen LogP contribution is 2.35. The van der Waals surface area contributed by atoms with Gasteiger partial charge < -0.3 is 10.0 Å². The van der Waals surface area contributed by atoms with Crippen LogP contribution in [0.1, 0.15) is 51.0 Å². The number of rotatable bonds is 7. The fourth-order valence-corrected chi connectivity index (χ4v) is 3.32. The number of aromatic amines is 1. The monoisotopic (exact) mass is 307 g/mol. The summed E-state index contributed by atoms with van der Waals surface area (Å²) in [6, 6.07) is 0. The first-order valence-corrected chi connectivity index (χ1v) is 8.06. The van der Waals surface area contributed by atoms with Crippen molar-refractivity contribution in [1.82, 2.24) is 15.1 Å². The highest BCUT2D eigenvalue weighted by atomic mass is 16.4. The molecule has 0 aliphatic carbocycles. The van der Waals surface area contributed by atoms with Crippen molar-refractivity contribution in [3.05, 3.63) is 18.0 Å². The Morgan fingerprint density at radius 3 is 2.95 bits per heavy atom. The number of carboxylic acid groups (broad SMARTS) is 1. The Balaban J connectivity index is 1.87. The molecule has 1 saturated heterocycles. The van der Waals surface area contributed by atoms with E-state index in [2.05, 4.69) is 10.2 Å². The van der Waals surface area contributed by atoms with Crippen LogP contribution in [0.25, 0.3) is 0 Å². The number of likely N-dealkylation sites (tertiary alicyclic amines) is 1. The molecule has 2 rings (SSSR count). The lowest BCUT2D eigenvalue weighted by molar-refractivity contribution is -0.155. The van der Waals surface area contributed by atoms with Crippen LogP contribution < -0.4 is 0 Å². The molecule has 2 N–H and O–H groups in total. The van der Waals surface area contributed by atoms with Crippen molar-refractivity contribution in [3.63, 3.8) is 0 Å². The maximum Gasteiger partial charge on any atom is 0.311 e. The second-order valence-corrected chi connectivity index (χ2v) is 6.21. The van der Waals surface area contributed by atoms with E-state index in [9.17, 15) is 14.7 Å². The summed E-state index contributed by atoms with van der Waals surface area (Å²) in [6.45, 7) is 3.04. The maximum atomic E-state index is 12.4. The Labute approximate surface area is 130 Å². The normalized spacial score (nSPS) is 21.8. The molecule has 1 aliphatic heterocycles. The van der Waals surface area contributed by atoms with Crippen LogP contribution in [0, 0.1) is 5.41 Å². The second kappa shape index (κ2) is 7.42. The number of hydrogen-bond donors (Lipinski definition) is 2. The van der Waals surface area contributed by atoms with Crippen LogP contribution in [0.15, 0.2) is 12.4 Å². The van der Waals surface area contributed by atoms with Crippen molar-refractivity contribution in [1.29, 1.82) is 0 Å². The van der Waals surface area contributed by atoms with Crippen LogP contribution >= 0.6 is 0 Å². The number of carbonyl (C=O) groups is 2. The third kappa shape index (κ3) is 3.87. The number of nitrogens with one attached hydrogen (secondary N) is 1. The van der Waals surface area contributed by atoms with Crippen molar-refractivity contribution in [2.24, 2.45) is 5.41 Å². The molecule has 2 heterocycles. The van der Waals surface area contributed by atoms with E-state index in [0.29, 0.717) is 32.4 Å². The van der Waals surface area contributed by atoms with Crippen molar-refractivity contribution in [2.45, 2.75) is 51.9 Å². The van der Waals surface area contributed by atoms with Gasteiger partial charge in [-0.25, -0.2) is 0 Å². The molecule has 1 atom stereocenters. The van der Waals surface area contributed by atoms with E-state index in [-0.39, 0.29) is 5.91 Å². The number of aryl methyl sites for hydroxylation is 1. The molecule has 0 aromatic carbocycles. The topological polar surface area (TPSA) is 86.3 Å². The van der Waals surface area contributed by atoms with Crippen molar-refractivity contribution in [3.8, 4) is 0 Å². The first kappa shape index (κ1) is 16.5. The predicted molar refractivity (Wildman–Crippen MR) is 82.3 cm³/mol. The Kier molecular flexibility index (Phi) is 5.57. The Hall–Kier alpha value is -1.85. The lowest BCUT2D eigenvalue weighted by Crippen LogP contribution is -2.49. The number of H-pyrrole nitrogens is 1. The van der Waals surface area contributed by atoms with E-state index in [1.807, 2.05) is 13.1 Å². The van der Waals surface area contributed by atoms with Gasteiger partial charge in [0, 0.05) is 25.7 Å². The van der Waals surface area contributed by atoms with Crippen LogP contribution in [0.3, 0.4) is 0 Å². The van der Waals surface area contributed by atoms with E-state index >= 15 is 0 Å². The molecule has 0 radical (unpaired) electrons. The molecule has 1 fully saturated rings. The highest BCUT2D eigenvalue weighted by Gasteiger charge is 2.42. The molecule has 1 aromatic heterocycles. The van der Waals surface area contributed by atoms with Gasteiger partial charge in [0.2, 0.25) is 5.91 Å². The summed E-state index contributed by atoms with van der Waals surface area (Å²) < 4.78 is 0.